The Morgan fingerprint density at radius 3 is 2.60 bits per heavy atom. The first-order chi connectivity index (χ1) is 7.24. The van der Waals surface area contributed by atoms with Gasteiger partial charge in [-0.3, -0.25) is 4.90 Å². The standard InChI is InChI=1S/C12H17N3/c1-14-11-6-12(14)8-15(7-11)10-4-2-3-9(13)5-10/h2-5,11-12H,6-8,13H2,1H3. The van der Waals surface area contributed by atoms with E-state index in [1.807, 2.05) is 12.1 Å². The van der Waals surface area contributed by atoms with Crippen molar-refractivity contribution in [3.63, 3.8) is 0 Å². The van der Waals surface area contributed by atoms with Crippen molar-refractivity contribution in [1.82, 2.24) is 4.90 Å². The largest absolute Gasteiger partial charge is 0.399 e. The molecular formula is C12H17N3. The van der Waals surface area contributed by atoms with E-state index in [9.17, 15) is 0 Å². The summed E-state index contributed by atoms with van der Waals surface area (Å²) in [6.07, 6.45) is 1.37. The fourth-order valence-corrected chi connectivity index (χ4v) is 2.73. The summed E-state index contributed by atoms with van der Waals surface area (Å²) in [5.74, 6) is 0. The number of hydrogen-bond donors (Lipinski definition) is 1. The van der Waals surface area contributed by atoms with E-state index in [-0.39, 0.29) is 0 Å². The van der Waals surface area contributed by atoms with Gasteiger partial charge in [-0.25, -0.2) is 0 Å². The second kappa shape index (κ2) is 3.14. The molecule has 3 heterocycles. The highest BCUT2D eigenvalue weighted by molar-refractivity contribution is 5.56. The van der Waals surface area contributed by atoms with E-state index in [0.717, 1.165) is 30.9 Å². The SMILES string of the molecule is CN1C2CC1CN(c1cccc(N)c1)C2. The van der Waals surface area contributed by atoms with Gasteiger partial charge in [0, 0.05) is 36.5 Å². The Bertz CT molecular complexity index is 365. The van der Waals surface area contributed by atoms with E-state index >= 15 is 0 Å². The van der Waals surface area contributed by atoms with Gasteiger partial charge in [-0.05, 0) is 31.7 Å². The fraction of sp³-hybridized carbons (Fsp3) is 0.500. The number of piperazine rings is 1. The molecule has 3 fully saturated rings. The Balaban J connectivity index is 1.79. The van der Waals surface area contributed by atoms with Gasteiger partial charge < -0.3 is 10.6 Å². The van der Waals surface area contributed by atoms with Gasteiger partial charge in [0.1, 0.15) is 0 Å². The lowest BCUT2D eigenvalue weighted by Crippen LogP contribution is -2.67. The zero-order chi connectivity index (χ0) is 10.4. The maximum atomic E-state index is 5.80. The summed E-state index contributed by atoms with van der Waals surface area (Å²) < 4.78 is 0. The third-order valence-electron chi connectivity index (χ3n) is 3.79. The van der Waals surface area contributed by atoms with Crippen molar-refractivity contribution in [2.24, 2.45) is 0 Å². The molecule has 0 spiro atoms. The van der Waals surface area contributed by atoms with Crippen molar-refractivity contribution in [2.45, 2.75) is 18.5 Å². The Morgan fingerprint density at radius 2 is 2.00 bits per heavy atom. The first-order valence-corrected chi connectivity index (χ1v) is 5.56. The molecule has 80 valence electrons. The minimum absolute atomic E-state index is 0.755. The fourth-order valence-electron chi connectivity index (χ4n) is 2.73. The van der Waals surface area contributed by atoms with Crippen LogP contribution in [0.25, 0.3) is 0 Å². The highest BCUT2D eigenvalue weighted by Gasteiger charge is 2.41. The molecule has 0 amide bonds. The predicted molar refractivity (Wildman–Crippen MR) is 63.0 cm³/mol. The average molecular weight is 203 g/mol. The lowest BCUT2D eigenvalue weighted by atomic mass is 9.88. The predicted octanol–water partition coefficient (Wildman–Crippen LogP) is 1.16. The number of likely N-dealkylation sites (N-methyl/N-ethyl adjacent to an activating group) is 1. The maximum absolute atomic E-state index is 5.80. The third kappa shape index (κ3) is 1.38. The number of nitrogen functional groups attached to an aromatic ring is 1. The van der Waals surface area contributed by atoms with Crippen LogP contribution in [0.1, 0.15) is 6.42 Å². The van der Waals surface area contributed by atoms with Crippen molar-refractivity contribution in [3.05, 3.63) is 24.3 Å². The second-order valence-corrected chi connectivity index (χ2v) is 4.71. The molecular weight excluding hydrogens is 186 g/mol. The maximum Gasteiger partial charge on any atom is 0.0387 e. The second-order valence-electron chi connectivity index (χ2n) is 4.71. The molecule has 15 heavy (non-hydrogen) atoms. The molecule has 2 unspecified atom stereocenters. The summed E-state index contributed by atoms with van der Waals surface area (Å²) in [5.41, 5.74) is 7.94. The van der Waals surface area contributed by atoms with E-state index < -0.39 is 0 Å². The van der Waals surface area contributed by atoms with E-state index in [4.69, 9.17) is 5.73 Å². The zero-order valence-corrected chi connectivity index (χ0v) is 9.06. The lowest BCUT2D eigenvalue weighted by molar-refractivity contribution is 0.0264. The Kier molecular flexibility index (Phi) is 1.89. The molecule has 1 aromatic carbocycles. The van der Waals surface area contributed by atoms with Gasteiger partial charge in [0.15, 0.2) is 0 Å². The van der Waals surface area contributed by atoms with Gasteiger partial charge in [0.2, 0.25) is 0 Å². The summed E-state index contributed by atoms with van der Waals surface area (Å²) in [7, 11) is 2.23. The molecule has 2 atom stereocenters. The number of piperidine rings is 1. The average Bonchev–Trinajstić information content (AvgIpc) is 2.28. The molecule has 3 heteroatoms. The molecule has 0 saturated carbocycles. The van der Waals surface area contributed by atoms with Gasteiger partial charge in [0.25, 0.3) is 0 Å². The summed E-state index contributed by atoms with van der Waals surface area (Å²) in [6.45, 7) is 2.30. The lowest BCUT2D eigenvalue weighted by Gasteiger charge is -2.55. The topological polar surface area (TPSA) is 32.5 Å². The first kappa shape index (κ1) is 9.04. The quantitative estimate of drug-likeness (QED) is 0.695. The molecule has 3 nitrogen and oxygen atoms in total. The van der Waals surface area contributed by atoms with Gasteiger partial charge in [-0.15, -0.1) is 0 Å². The minimum Gasteiger partial charge on any atom is -0.399 e. The van der Waals surface area contributed by atoms with Gasteiger partial charge >= 0.3 is 0 Å². The smallest absolute Gasteiger partial charge is 0.0387 e. The van der Waals surface area contributed by atoms with Crippen LogP contribution in [0.3, 0.4) is 0 Å². The molecule has 2 bridgehead atoms. The molecule has 3 saturated heterocycles. The number of benzene rings is 1. The number of fused-ring (bicyclic) bond motifs is 2. The van der Waals surface area contributed by atoms with Crippen LogP contribution in [0.15, 0.2) is 24.3 Å². The molecule has 2 N–H and O–H groups in total. The van der Waals surface area contributed by atoms with E-state index in [1.54, 1.807) is 0 Å². The monoisotopic (exact) mass is 203 g/mol. The Hall–Kier alpha value is -1.22. The molecule has 0 radical (unpaired) electrons. The molecule has 4 rings (SSSR count). The normalized spacial score (nSPS) is 30.1. The molecule has 3 aliphatic heterocycles. The van der Waals surface area contributed by atoms with E-state index in [0.29, 0.717) is 0 Å². The van der Waals surface area contributed by atoms with Crippen LogP contribution in [-0.2, 0) is 0 Å². The number of rotatable bonds is 1. The van der Waals surface area contributed by atoms with Crippen molar-refractivity contribution in [3.8, 4) is 0 Å². The zero-order valence-electron chi connectivity index (χ0n) is 9.06. The van der Waals surface area contributed by atoms with Crippen molar-refractivity contribution < 1.29 is 0 Å². The van der Waals surface area contributed by atoms with E-state index in [2.05, 4.69) is 29.0 Å². The van der Waals surface area contributed by atoms with Crippen LogP contribution in [0, 0.1) is 0 Å². The van der Waals surface area contributed by atoms with Crippen LogP contribution >= 0.6 is 0 Å². The summed E-state index contributed by atoms with van der Waals surface area (Å²) in [6, 6.07) is 9.72. The van der Waals surface area contributed by atoms with Crippen molar-refractivity contribution in [2.75, 3.05) is 30.8 Å². The van der Waals surface area contributed by atoms with E-state index in [1.165, 1.54) is 12.1 Å². The third-order valence-corrected chi connectivity index (χ3v) is 3.79. The van der Waals surface area contributed by atoms with Crippen LogP contribution < -0.4 is 10.6 Å². The number of anilines is 2. The summed E-state index contributed by atoms with van der Waals surface area (Å²) >= 11 is 0. The molecule has 0 aromatic heterocycles. The Labute approximate surface area is 90.5 Å². The number of nitrogens with zero attached hydrogens (tertiary/aromatic N) is 2. The van der Waals surface area contributed by atoms with Gasteiger partial charge in [-0.2, -0.15) is 0 Å². The summed E-state index contributed by atoms with van der Waals surface area (Å²) in [4.78, 5) is 4.94. The number of nitrogens with two attached hydrogens (primary N) is 1. The highest BCUT2D eigenvalue weighted by Crippen LogP contribution is 2.33. The highest BCUT2D eigenvalue weighted by atomic mass is 15.3. The van der Waals surface area contributed by atoms with Crippen LogP contribution in [0.5, 0.6) is 0 Å². The molecule has 3 aliphatic rings. The van der Waals surface area contributed by atoms with Crippen LogP contribution in [0.4, 0.5) is 11.4 Å². The molecule has 1 aromatic rings. The van der Waals surface area contributed by atoms with Gasteiger partial charge in [0.05, 0.1) is 0 Å². The number of hydrogen-bond acceptors (Lipinski definition) is 3. The van der Waals surface area contributed by atoms with Crippen LogP contribution in [-0.4, -0.2) is 37.1 Å². The van der Waals surface area contributed by atoms with Crippen molar-refractivity contribution >= 4 is 11.4 Å². The van der Waals surface area contributed by atoms with Gasteiger partial charge in [-0.1, -0.05) is 6.07 Å². The Morgan fingerprint density at radius 1 is 1.27 bits per heavy atom. The van der Waals surface area contributed by atoms with Crippen molar-refractivity contribution in [1.29, 1.82) is 0 Å². The first-order valence-electron chi connectivity index (χ1n) is 5.56. The van der Waals surface area contributed by atoms with Crippen LogP contribution in [0.2, 0.25) is 0 Å². The summed E-state index contributed by atoms with van der Waals surface area (Å²) in [5, 5.41) is 0. The molecule has 0 aliphatic carbocycles. The minimum atomic E-state index is 0.755.